The number of piperazine rings is 1. The summed E-state index contributed by atoms with van der Waals surface area (Å²) in [6, 6.07) is 4.85. The number of nitrogens with zero attached hydrogens (tertiary/aromatic N) is 1. The lowest BCUT2D eigenvalue weighted by atomic mass is 10.0. The number of aliphatic hydroxyl groups is 1. The Balaban J connectivity index is 1.76. The fourth-order valence-corrected chi connectivity index (χ4v) is 2.48. The van der Waals surface area contributed by atoms with Crippen LogP contribution in [0.1, 0.15) is 30.1 Å². The second kappa shape index (κ2) is 6.98. The van der Waals surface area contributed by atoms with E-state index in [2.05, 4.69) is 10.2 Å². The molecule has 0 aromatic heterocycles. The first-order valence-corrected chi connectivity index (χ1v) is 7.04. The van der Waals surface area contributed by atoms with Gasteiger partial charge in [0.15, 0.2) is 0 Å². The summed E-state index contributed by atoms with van der Waals surface area (Å²) in [4.78, 5) is 2.42. The van der Waals surface area contributed by atoms with E-state index in [1.165, 1.54) is 6.07 Å². The lowest BCUT2D eigenvalue weighted by molar-refractivity contribution is 0.152. The fraction of sp³-hybridized carbons (Fsp3) is 0.600. The molecule has 1 atom stereocenters. The van der Waals surface area contributed by atoms with Crippen molar-refractivity contribution >= 4 is 0 Å². The number of aryl methyl sites for hydroxylation is 1. The highest BCUT2D eigenvalue weighted by Gasteiger charge is 2.12. The van der Waals surface area contributed by atoms with Crippen LogP contribution in [0, 0.1) is 12.7 Å². The monoisotopic (exact) mass is 266 g/mol. The first kappa shape index (κ1) is 14.4. The Hall–Kier alpha value is -0.970. The predicted octanol–water partition coefficient (Wildman–Crippen LogP) is 1.85. The van der Waals surface area contributed by atoms with E-state index in [-0.39, 0.29) is 5.82 Å². The highest BCUT2D eigenvalue weighted by atomic mass is 19.1. The minimum Gasteiger partial charge on any atom is -0.388 e. The maximum absolute atomic E-state index is 13.2. The lowest BCUT2D eigenvalue weighted by Gasteiger charge is -2.27. The Morgan fingerprint density at radius 1 is 1.37 bits per heavy atom. The molecule has 1 unspecified atom stereocenters. The Bertz CT molecular complexity index is 405. The molecular formula is C15H23FN2O. The van der Waals surface area contributed by atoms with Crippen LogP contribution >= 0.6 is 0 Å². The van der Waals surface area contributed by atoms with Crippen molar-refractivity contribution in [1.82, 2.24) is 10.2 Å². The fourth-order valence-electron chi connectivity index (χ4n) is 2.48. The molecule has 0 spiro atoms. The summed E-state index contributed by atoms with van der Waals surface area (Å²) in [5.41, 5.74) is 1.41. The molecule has 1 aromatic carbocycles. The average molecular weight is 266 g/mol. The molecule has 1 aliphatic rings. The maximum atomic E-state index is 13.2. The normalized spacial score (nSPS) is 18.5. The van der Waals surface area contributed by atoms with Gasteiger partial charge in [-0.1, -0.05) is 12.1 Å². The molecule has 2 N–H and O–H groups in total. The Morgan fingerprint density at radius 2 is 2.11 bits per heavy atom. The molecule has 1 heterocycles. The number of aliphatic hydroxyl groups excluding tert-OH is 1. The Labute approximate surface area is 114 Å². The molecule has 0 aliphatic carbocycles. The van der Waals surface area contributed by atoms with Gasteiger partial charge in [-0.2, -0.15) is 0 Å². The van der Waals surface area contributed by atoms with E-state index >= 15 is 0 Å². The summed E-state index contributed by atoms with van der Waals surface area (Å²) in [7, 11) is 0. The third kappa shape index (κ3) is 4.27. The van der Waals surface area contributed by atoms with E-state index in [0.29, 0.717) is 5.56 Å². The van der Waals surface area contributed by atoms with Crippen LogP contribution < -0.4 is 5.32 Å². The van der Waals surface area contributed by atoms with Crippen LogP contribution in [0.2, 0.25) is 0 Å². The first-order valence-electron chi connectivity index (χ1n) is 7.04. The zero-order valence-corrected chi connectivity index (χ0v) is 11.5. The molecule has 1 aromatic rings. The minimum atomic E-state index is -0.484. The van der Waals surface area contributed by atoms with Crippen molar-refractivity contribution < 1.29 is 9.50 Å². The zero-order chi connectivity index (χ0) is 13.7. The smallest absolute Gasteiger partial charge is 0.126 e. The van der Waals surface area contributed by atoms with Crippen molar-refractivity contribution in [2.45, 2.75) is 25.9 Å². The molecule has 1 fully saturated rings. The number of benzene rings is 1. The molecule has 0 saturated carbocycles. The van der Waals surface area contributed by atoms with E-state index in [0.717, 1.165) is 51.1 Å². The van der Waals surface area contributed by atoms with Gasteiger partial charge in [-0.25, -0.2) is 4.39 Å². The quantitative estimate of drug-likeness (QED) is 0.854. The molecule has 2 rings (SSSR count). The average Bonchev–Trinajstić information content (AvgIpc) is 2.43. The van der Waals surface area contributed by atoms with Crippen molar-refractivity contribution in [2.24, 2.45) is 0 Å². The van der Waals surface area contributed by atoms with Crippen LogP contribution in [0.4, 0.5) is 4.39 Å². The van der Waals surface area contributed by atoms with Crippen molar-refractivity contribution in [1.29, 1.82) is 0 Å². The number of rotatable bonds is 5. The molecule has 4 heteroatoms. The van der Waals surface area contributed by atoms with Gasteiger partial charge in [0.2, 0.25) is 0 Å². The van der Waals surface area contributed by atoms with Gasteiger partial charge >= 0.3 is 0 Å². The number of nitrogens with one attached hydrogen (secondary N) is 1. The Morgan fingerprint density at radius 3 is 2.79 bits per heavy atom. The van der Waals surface area contributed by atoms with Crippen molar-refractivity contribution in [3.63, 3.8) is 0 Å². The summed E-state index contributed by atoms with van der Waals surface area (Å²) in [5.74, 6) is -0.211. The van der Waals surface area contributed by atoms with Gasteiger partial charge in [0.05, 0.1) is 6.10 Å². The summed E-state index contributed by atoms with van der Waals surface area (Å²) < 4.78 is 13.2. The first-order chi connectivity index (χ1) is 9.16. The van der Waals surface area contributed by atoms with Crippen LogP contribution in [0.5, 0.6) is 0 Å². The summed E-state index contributed by atoms with van der Waals surface area (Å²) >= 11 is 0. The van der Waals surface area contributed by atoms with Gasteiger partial charge < -0.3 is 15.3 Å². The van der Waals surface area contributed by atoms with Gasteiger partial charge in [0, 0.05) is 26.2 Å². The SMILES string of the molecule is Cc1cc(C(O)CCCN2CCNCC2)ccc1F. The predicted molar refractivity (Wildman–Crippen MR) is 74.6 cm³/mol. The zero-order valence-electron chi connectivity index (χ0n) is 11.5. The second-order valence-electron chi connectivity index (χ2n) is 5.26. The number of halogens is 1. The van der Waals surface area contributed by atoms with Gasteiger partial charge in [-0.15, -0.1) is 0 Å². The summed E-state index contributed by atoms with van der Waals surface area (Å²) in [6.45, 7) is 7.04. The van der Waals surface area contributed by atoms with Gasteiger partial charge in [-0.05, 0) is 43.5 Å². The van der Waals surface area contributed by atoms with E-state index in [4.69, 9.17) is 0 Å². The molecule has 0 radical (unpaired) electrons. The minimum absolute atomic E-state index is 0.211. The van der Waals surface area contributed by atoms with E-state index in [1.807, 2.05) is 0 Å². The van der Waals surface area contributed by atoms with Crippen LogP contribution in [-0.4, -0.2) is 42.7 Å². The highest BCUT2D eigenvalue weighted by Crippen LogP contribution is 2.20. The third-order valence-electron chi connectivity index (χ3n) is 3.73. The number of hydrogen-bond donors (Lipinski definition) is 2. The van der Waals surface area contributed by atoms with Crippen LogP contribution in [-0.2, 0) is 0 Å². The molecule has 3 nitrogen and oxygen atoms in total. The maximum Gasteiger partial charge on any atom is 0.126 e. The highest BCUT2D eigenvalue weighted by molar-refractivity contribution is 5.25. The number of hydrogen-bond acceptors (Lipinski definition) is 3. The van der Waals surface area contributed by atoms with Gasteiger partial charge in [-0.3, -0.25) is 0 Å². The topological polar surface area (TPSA) is 35.5 Å². The van der Waals surface area contributed by atoms with Crippen molar-refractivity contribution in [3.05, 3.63) is 35.1 Å². The molecule has 19 heavy (non-hydrogen) atoms. The largest absolute Gasteiger partial charge is 0.388 e. The molecule has 1 saturated heterocycles. The molecular weight excluding hydrogens is 243 g/mol. The molecule has 0 amide bonds. The van der Waals surface area contributed by atoms with Crippen LogP contribution in [0.25, 0.3) is 0 Å². The third-order valence-corrected chi connectivity index (χ3v) is 3.73. The Kier molecular flexibility index (Phi) is 5.31. The molecule has 0 bridgehead atoms. The molecule has 106 valence electrons. The van der Waals surface area contributed by atoms with Gasteiger partial charge in [0.1, 0.15) is 5.82 Å². The van der Waals surface area contributed by atoms with Crippen LogP contribution in [0.3, 0.4) is 0 Å². The lowest BCUT2D eigenvalue weighted by Crippen LogP contribution is -2.43. The van der Waals surface area contributed by atoms with E-state index in [1.54, 1.807) is 19.1 Å². The summed E-state index contributed by atoms with van der Waals surface area (Å²) in [5, 5.41) is 13.4. The van der Waals surface area contributed by atoms with Gasteiger partial charge in [0.25, 0.3) is 0 Å². The van der Waals surface area contributed by atoms with E-state index in [9.17, 15) is 9.50 Å². The summed E-state index contributed by atoms with van der Waals surface area (Å²) in [6.07, 6.45) is 1.22. The van der Waals surface area contributed by atoms with Crippen molar-refractivity contribution in [2.75, 3.05) is 32.7 Å². The van der Waals surface area contributed by atoms with Crippen molar-refractivity contribution in [3.8, 4) is 0 Å². The molecule has 1 aliphatic heterocycles. The van der Waals surface area contributed by atoms with E-state index < -0.39 is 6.10 Å². The van der Waals surface area contributed by atoms with Crippen LogP contribution in [0.15, 0.2) is 18.2 Å². The second-order valence-corrected chi connectivity index (χ2v) is 5.26. The standard InChI is InChI=1S/C15H23FN2O/c1-12-11-13(4-5-14(12)16)15(19)3-2-8-18-9-6-17-7-10-18/h4-5,11,15,17,19H,2-3,6-10H2,1H3.